The van der Waals surface area contributed by atoms with Gasteiger partial charge in [-0.2, -0.15) is 4.98 Å². The van der Waals surface area contributed by atoms with E-state index in [4.69, 9.17) is 16.1 Å². The predicted octanol–water partition coefficient (Wildman–Crippen LogP) is 3.81. The molecule has 0 spiro atoms. The molecular formula is C16H20ClN3O. The zero-order chi connectivity index (χ0) is 14.7. The second-order valence-electron chi connectivity index (χ2n) is 5.71. The first-order valence-corrected chi connectivity index (χ1v) is 7.92. The Morgan fingerprint density at radius 2 is 1.95 bits per heavy atom. The molecule has 112 valence electrons. The average molecular weight is 306 g/mol. The molecule has 1 aromatic heterocycles. The molecule has 1 saturated heterocycles. The van der Waals surface area contributed by atoms with E-state index in [1.165, 1.54) is 0 Å². The fourth-order valence-electron chi connectivity index (χ4n) is 3.11. The normalized spacial score (nSPS) is 17.8. The zero-order valence-corrected chi connectivity index (χ0v) is 13.0. The molecule has 0 aliphatic carbocycles. The number of rotatable bonds is 4. The predicted molar refractivity (Wildman–Crippen MR) is 83.4 cm³/mol. The van der Waals surface area contributed by atoms with Crippen LogP contribution in [-0.4, -0.2) is 23.2 Å². The Morgan fingerprint density at radius 1 is 1.24 bits per heavy atom. The summed E-state index contributed by atoms with van der Waals surface area (Å²) in [5.74, 6) is 1.44. The van der Waals surface area contributed by atoms with Gasteiger partial charge in [0.25, 0.3) is 0 Å². The Labute approximate surface area is 129 Å². The van der Waals surface area contributed by atoms with Crippen LogP contribution < -0.4 is 5.32 Å². The van der Waals surface area contributed by atoms with Gasteiger partial charge < -0.3 is 9.84 Å². The van der Waals surface area contributed by atoms with Gasteiger partial charge in [-0.15, -0.1) is 0 Å². The first-order valence-electron chi connectivity index (χ1n) is 7.54. The molecule has 2 heterocycles. The number of nitrogens with zero attached hydrogens (tertiary/aromatic N) is 2. The molecule has 0 saturated carbocycles. The van der Waals surface area contributed by atoms with Gasteiger partial charge in [-0.3, -0.25) is 0 Å². The third-order valence-corrected chi connectivity index (χ3v) is 4.52. The summed E-state index contributed by atoms with van der Waals surface area (Å²) in [6.45, 7) is 4.23. The van der Waals surface area contributed by atoms with E-state index in [0.717, 1.165) is 50.2 Å². The summed E-state index contributed by atoms with van der Waals surface area (Å²) < 4.78 is 5.62. The van der Waals surface area contributed by atoms with Crippen molar-refractivity contribution in [3.63, 3.8) is 0 Å². The van der Waals surface area contributed by atoms with Crippen LogP contribution in [0, 0.1) is 0 Å². The van der Waals surface area contributed by atoms with E-state index < -0.39 is 0 Å². The van der Waals surface area contributed by atoms with E-state index >= 15 is 0 Å². The van der Waals surface area contributed by atoms with Gasteiger partial charge in [0.1, 0.15) is 0 Å². The summed E-state index contributed by atoms with van der Waals surface area (Å²) in [6, 6.07) is 7.54. The molecule has 4 nitrogen and oxygen atoms in total. The van der Waals surface area contributed by atoms with E-state index in [2.05, 4.69) is 22.4 Å². The van der Waals surface area contributed by atoms with Crippen molar-refractivity contribution < 1.29 is 4.52 Å². The van der Waals surface area contributed by atoms with Gasteiger partial charge in [-0.05, 0) is 56.6 Å². The van der Waals surface area contributed by atoms with Crippen molar-refractivity contribution in [1.82, 2.24) is 15.5 Å². The average Bonchev–Trinajstić information content (AvgIpc) is 3.00. The molecule has 1 aliphatic rings. The number of benzene rings is 1. The van der Waals surface area contributed by atoms with Gasteiger partial charge >= 0.3 is 0 Å². The van der Waals surface area contributed by atoms with Crippen molar-refractivity contribution in [2.45, 2.75) is 38.0 Å². The van der Waals surface area contributed by atoms with Crippen molar-refractivity contribution >= 4 is 11.6 Å². The molecule has 1 aromatic carbocycles. The highest BCUT2D eigenvalue weighted by atomic mass is 35.5. The highest BCUT2D eigenvalue weighted by molar-refractivity contribution is 6.30. The molecule has 1 aliphatic heterocycles. The number of hydrogen-bond acceptors (Lipinski definition) is 4. The van der Waals surface area contributed by atoms with Crippen LogP contribution in [0.5, 0.6) is 0 Å². The summed E-state index contributed by atoms with van der Waals surface area (Å²) >= 11 is 5.92. The SMILES string of the molecule is CCCC1(c2nc(-c3ccc(Cl)cc3)no2)CCNCC1. The van der Waals surface area contributed by atoms with E-state index in [9.17, 15) is 0 Å². The van der Waals surface area contributed by atoms with Gasteiger partial charge in [-0.1, -0.05) is 30.1 Å². The van der Waals surface area contributed by atoms with Crippen molar-refractivity contribution in [3.8, 4) is 11.4 Å². The van der Waals surface area contributed by atoms with Crippen LogP contribution in [0.3, 0.4) is 0 Å². The maximum Gasteiger partial charge on any atom is 0.233 e. The lowest BCUT2D eigenvalue weighted by Crippen LogP contribution is -2.40. The summed E-state index contributed by atoms with van der Waals surface area (Å²) in [7, 11) is 0. The molecule has 1 fully saturated rings. The minimum Gasteiger partial charge on any atom is -0.338 e. The van der Waals surface area contributed by atoms with E-state index in [0.29, 0.717) is 10.8 Å². The number of aromatic nitrogens is 2. The second-order valence-corrected chi connectivity index (χ2v) is 6.15. The topological polar surface area (TPSA) is 51.0 Å². The third kappa shape index (κ3) is 2.97. The molecule has 1 N–H and O–H groups in total. The molecule has 0 atom stereocenters. The van der Waals surface area contributed by atoms with Gasteiger partial charge in [-0.25, -0.2) is 0 Å². The first-order chi connectivity index (χ1) is 10.2. The maximum absolute atomic E-state index is 5.92. The highest BCUT2D eigenvalue weighted by Crippen LogP contribution is 2.37. The largest absolute Gasteiger partial charge is 0.338 e. The molecule has 0 bridgehead atoms. The van der Waals surface area contributed by atoms with Gasteiger partial charge in [0.15, 0.2) is 0 Å². The minimum atomic E-state index is 0.0394. The van der Waals surface area contributed by atoms with Crippen LogP contribution in [-0.2, 0) is 5.41 Å². The van der Waals surface area contributed by atoms with Crippen LogP contribution in [0.15, 0.2) is 28.8 Å². The molecule has 0 unspecified atom stereocenters. The number of nitrogens with one attached hydrogen (secondary N) is 1. The Kier molecular flexibility index (Phi) is 4.27. The quantitative estimate of drug-likeness (QED) is 0.933. The van der Waals surface area contributed by atoms with Crippen molar-refractivity contribution in [2.24, 2.45) is 0 Å². The van der Waals surface area contributed by atoms with Crippen LogP contribution in [0.25, 0.3) is 11.4 Å². The third-order valence-electron chi connectivity index (χ3n) is 4.27. The first kappa shape index (κ1) is 14.5. The van der Waals surface area contributed by atoms with Crippen molar-refractivity contribution in [3.05, 3.63) is 35.2 Å². The highest BCUT2D eigenvalue weighted by Gasteiger charge is 2.38. The zero-order valence-electron chi connectivity index (χ0n) is 12.2. The van der Waals surface area contributed by atoms with E-state index in [-0.39, 0.29) is 5.41 Å². The minimum absolute atomic E-state index is 0.0394. The monoisotopic (exact) mass is 305 g/mol. The summed E-state index contributed by atoms with van der Waals surface area (Å²) in [5.41, 5.74) is 0.979. The molecule has 5 heteroatoms. The smallest absolute Gasteiger partial charge is 0.233 e. The molecule has 3 rings (SSSR count). The lowest BCUT2D eigenvalue weighted by atomic mass is 9.75. The standard InChI is InChI=1S/C16H20ClN3O/c1-2-7-16(8-10-18-11-9-16)15-19-14(20-21-15)12-3-5-13(17)6-4-12/h3-6,18H,2,7-11H2,1H3. The number of hydrogen-bond donors (Lipinski definition) is 1. The van der Waals surface area contributed by atoms with Gasteiger partial charge in [0.05, 0.1) is 5.41 Å². The molecule has 21 heavy (non-hydrogen) atoms. The Morgan fingerprint density at radius 3 is 2.62 bits per heavy atom. The molecule has 2 aromatic rings. The fraction of sp³-hybridized carbons (Fsp3) is 0.500. The van der Waals surface area contributed by atoms with E-state index in [1.54, 1.807) is 0 Å². The molecule has 0 radical (unpaired) electrons. The molecular weight excluding hydrogens is 286 g/mol. The summed E-state index contributed by atoms with van der Waals surface area (Å²) in [5, 5.41) is 8.29. The van der Waals surface area contributed by atoms with Crippen molar-refractivity contribution in [2.75, 3.05) is 13.1 Å². The Balaban J connectivity index is 1.90. The van der Waals surface area contributed by atoms with Crippen LogP contribution >= 0.6 is 11.6 Å². The van der Waals surface area contributed by atoms with Crippen LogP contribution in [0.1, 0.15) is 38.5 Å². The summed E-state index contributed by atoms with van der Waals surface area (Å²) in [4.78, 5) is 4.68. The maximum atomic E-state index is 5.92. The number of piperidine rings is 1. The Hall–Kier alpha value is -1.39. The van der Waals surface area contributed by atoms with Gasteiger partial charge in [0, 0.05) is 10.6 Å². The van der Waals surface area contributed by atoms with Crippen LogP contribution in [0.4, 0.5) is 0 Å². The van der Waals surface area contributed by atoms with Crippen molar-refractivity contribution in [1.29, 1.82) is 0 Å². The second kappa shape index (κ2) is 6.16. The summed E-state index contributed by atoms with van der Waals surface area (Å²) in [6.07, 6.45) is 4.34. The fourth-order valence-corrected chi connectivity index (χ4v) is 3.24. The molecule has 0 amide bonds. The van der Waals surface area contributed by atoms with Crippen LogP contribution in [0.2, 0.25) is 5.02 Å². The Bertz CT molecular complexity index is 582. The van der Waals surface area contributed by atoms with Gasteiger partial charge in [0.2, 0.25) is 11.7 Å². The lowest BCUT2D eigenvalue weighted by molar-refractivity contribution is 0.208. The number of halogens is 1. The van der Waals surface area contributed by atoms with E-state index in [1.807, 2.05) is 24.3 Å². The lowest BCUT2D eigenvalue weighted by Gasteiger charge is -2.34.